The second kappa shape index (κ2) is 11.7. The second-order valence-electron chi connectivity index (χ2n) is 7.41. The van der Waals surface area contributed by atoms with E-state index in [1.165, 1.54) is 31.4 Å². The Bertz CT molecular complexity index is 1480. The number of alkyl halides is 3. The fourth-order valence-electron chi connectivity index (χ4n) is 2.99. The third-order valence-electron chi connectivity index (χ3n) is 4.79. The van der Waals surface area contributed by atoms with Crippen LogP contribution in [0.4, 0.5) is 30.2 Å². The number of hydrazone groups is 1. The number of ether oxygens (including phenoxy) is 2. The van der Waals surface area contributed by atoms with Crippen molar-refractivity contribution in [2.45, 2.75) is 6.18 Å². The van der Waals surface area contributed by atoms with Crippen LogP contribution in [0.1, 0.15) is 11.1 Å². The van der Waals surface area contributed by atoms with Gasteiger partial charge in [-0.15, -0.1) is 0 Å². The lowest BCUT2D eigenvalue weighted by atomic mass is 10.2. The molecule has 0 aliphatic heterocycles. The molecule has 2 amide bonds. The summed E-state index contributed by atoms with van der Waals surface area (Å²) in [5, 5.41) is 27.8. The third kappa shape index (κ3) is 7.25. The fourth-order valence-corrected chi connectivity index (χ4v) is 2.99. The van der Waals surface area contributed by atoms with Crippen molar-refractivity contribution in [3.05, 3.63) is 92.0 Å². The van der Waals surface area contributed by atoms with Gasteiger partial charge in [0.25, 0.3) is 5.69 Å². The molecule has 39 heavy (non-hydrogen) atoms. The van der Waals surface area contributed by atoms with Crippen molar-refractivity contribution in [2.75, 3.05) is 12.4 Å². The zero-order valence-corrected chi connectivity index (χ0v) is 19.6. The number of methoxy groups -OCH3 is 1. The first-order valence-electron chi connectivity index (χ1n) is 10.5. The molecule has 0 aliphatic rings. The molecular formula is C23H16F3N5O8. The van der Waals surface area contributed by atoms with E-state index in [-0.39, 0.29) is 22.9 Å². The number of amides is 2. The highest BCUT2D eigenvalue weighted by molar-refractivity contribution is 6.39. The van der Waals surface area contributed by atoms with E-state index in [0.29, 0.717) is 11.6 Å². The first kappa shape index (κ1) is 28.0. The SMILES string of the molecule is COc1cc(C=NNC(=O)C(=O)Nc2cccc(C(F)(F)F)c2)ccc1Oc1ccc([N+](=O)[O-])cc1[N+](=O)[O-]. The number of hydrogen-bond donors (Lipinski definition) is 2. The Kier molecular flexibility index (Phi) is 8.39. The van der Waals surface area contributed by atoms with Crippen LogP contribution in [-0.2, 0) is 15.8 Å². The molecule has 2 N–H and O–H groups in total. The van der Waals surface area contributed by atoms with Gasteiger partial charge in [0.2, 0.25) is 5.75 Å². The normalized spacial score (nSPS) is 11.1. The molecule has 0 heterocycles. The van der Waals surface area contributed by atoms with E-state index in [9.17, 15) is 43.0 Å². The maximum Gasteiger partial charge on any atom is 0.416 e. The smallest absolute Gasteiger partial charge is 0.416 e. The lowest BCUT2D eigenvalue weighted by molar-refractivity contribution is -0.394. The van der Waals surface area contributed by atoms with Crippen molar-refractivity contribution in [3.8, 4) is 17.2 Å². The number of carbonyl (C=O) groups excluding carboxylic acids is 2. The number of hydrogen-bond acceptors (Lipinski definition) is 9. The van der Waals surface area contributed by atoms with Gasteiger partial charge in [-0.05, 0) is 48.0 Å². The second-order valence-corrected chi connectivity index (χ2v) is 7.41. The van der Waals surface area contributed by atoms with Crippen molar-refractivity contribution in [3.63, 3.8) is 0 Å². The Labute approximate surface area is 216 Å². The molecule has 0 aliphatic carbocycles. The Hall–Kier alpha value is -5.54. The highest BCUT2D eigenvalue weighted by atomic mass is 19.4. The Morgan fingerprint density at radius 2 is 1.64 bits per heavy atom. The average Bonchev–Trinajstić information content (AvgIpc) is 2.88. The quantitative estimate of drug-likeness (QED) is 0.180. The van der Waals surface area contributed by atoms with Crippen LogP contribution in [0.5, 0.6) is 17.2 Å². The van der Waals surface area contributed by atoms with Gasteiger partial charge in [0, 0.05) is 11.8 Å². The van der Waals surface area contributed by atoms with E-state index >= 15 is 0 Å². The minimum atomic E-state index is -4.63. The van der Waals surface area contributed by atoms with Crippen LogP contribution in [0.2, 0.25) is 0 Å². The monoisotopic (exact) mass is 547 g/mol. The first-order valence-corrected chi connectivity index (χ1v) is 10.5. The number of nitrogens with zero attached hydrogens (tertiary/aromatic N) is 3. The van der Waals surface area contributed by atoms with Gasteiger partial charge in [0.1, 0.15) is 0 Å². The number of carbonyl (C=O) groups is 2. The molecule has 3 aromatic carbocycles. The van der Waals surface area contributed by atoms with Gasteiger partial charge < -0.3 is 14.8 Å². The summed E-state index contributed by atoms with van der Waals surface area (Å²) in [5.74, 6) is -2.74. The van der Waals surface area contributed by atoms with Crippen LogP contribution in [0.25, 0.3) is 0 Å². The van der Waals surface area contributed by atoms with Gasteiger partial charge in [-0.2, -0.15) is 18.3 Å². The molecule has 0 bridgehead atoms. The largest absolute Gasteiger partial charge is 0.493 e. The standard InChI is InChI=1S/C23H16F3N5O8/c1-38-20-9-13(5-7-19(20)39-18-8-6-16(30(34)35)11-17(18)31(36)37)12-27-29-22(33)21(32)28-15-4-2-3-14(10-15)23(24,25)26/h2-12H,1H3,(H,28,32)(H,29,33). The predicted molar refractivity (Wildman–Crippen MR) is 129 cm³/mol. The minimum absolute atomic E-state index is 0.0103. The van der Waals surface area contributed by atoms with Gasteiger partial charge in [0.05, 0.1) is 34.8 Å². The van der Waals surface area contributed by atoms with E-state index in [0.717, 1.165) is 36.5 Å². The van der Waals surface area contributed by atoms with Crippen molar-refractivity contribution < 1.29 is 42.1 Å². The number of rotatable bonds is 8. The molecule has 0 aromatic heterocycles. The fraction of sp³-hybridized carbons (Fsp3) is 0.0870. The molecule has 13 nitrogen and oxygen atoms in total. The van der Waals surface area contributed by atoms with Gasteiger partial charge in [-0.3, -0.25) is 29.8 Å². The molecule has 0 spiro atoms. The highest BCUT2D eigenvalue weighted by Crippen LogP contribution is 2.38. The van der Waals surface area contributed by atoms with Crippen LogP contribution in [0.15, 0.2) is 65.8 Å². The molecular weight excluding hydrogens is 531 g/mol. The van der Waals surface area contributed by atoms with Crippen LogP contribution < -0.4 is 20.2 Å². The average molecular weight is 547 g/mol. The number of nitrogens with one attached hydrogen (secondary N) is 2. The van der Waals surface area contributed by atoms with Crippen molar-refractivity contribution in [1.82, 2.24) is 5.43 Å². The van der Waals surface area contributed by atoms with Gasteiger partial charge in [-0.25, -0.2) is 5.43 Å². The summed E-state index contributed by atoms with van der Waals surface area (Å²) >= 11 is 0. The summed E-state index contributed by atoms with van der Waals surface area (Å²) in [6.07, 6.45) is -3.53. The number of halogens is 3. The molecule has 0 atom stereocenters. The first-order chi connectivity index (χ1) is 18.4. The topological polar surface area (TPSA) is 175 Å². The van der Waals surface area contributed by atoms with Crippen LogP contribution in [0.3, 0.4) is 0 Å². The third-order valence-corrected chi connectivity index (χ3v) is 4.79. The van der Waals surface area contributed by atoms with Crippen molar-refractivity contribution in [2.24, 2.45) is 5.10 Å². The lowest BCUT2D eigenvalue weighted by Crippen LogP contribution is -2.32. The van der Waals surface area contributed by atoms with Crippen LogP contribution in [0, 0.1) is 20.2 Å². The van der Waals surface area contributed by atoms with E-state index in [2.05, 4.69) is 5.10 Å². The van der Waals surface area contributed by atoms with Gasteiger partial charge >= 0.3 is 23.7 Å². The Balaban J connectivity index is 1.68. The molecule has 3 aromatic rings. The van der Waals surface area contributed by atoms with Crippen LogP contribution in [-0.4, -0.2) is 35.0 Å². The molecule has 0 fully saturated rings. The van der Waals surface area contributed by atoms with Crippen molar-refractivity contribution >= 4 is 35.1 Å². The summed E-state index contributed by atoms with van der Waals surface area (Å²) in [6.45, 7) is 0. The molecule has 0 saturated heterocycles. The Morgan fingerprint density at radius 1 is 0.923 bits per heavy atom. The van der Waals surface area contributed by atoms with E-state index in [4.69, 9.17) is 9.47 Å². The summed E-state index contributed by atoms with van der Waals surface area (Å²) in [6, 6.07) is 10.7. The van der Waals surface area contributed by atoms with Gasteiger partial charge in [-0.1, -0.05) is 6.07 Å². The van der Waals surface area contributed by atoms with Crippen LogP contribution >= 0.6 is 0 Å². The van der Waals surface area contributed by atoms with E-state index < -0.39 is 44.8 Å². The molecule has 0 unspecified atom stereocenters. The maximum absolute atomic E-state index is 12.8. The zero-order chi connectivity index (χ0) is 28.7. The summed E-state index contributed by atoms with van der Waals surface area (Å²) in [4.78, 5) is 44.5. The molecule has 0 saturated carbocycles. The van der Waals surface area contributed by atoms with E-state index in [1.54, 1.807) is 0 Å². The zero-order valence-electron chi connectivity index (χ0n) is 19.6. The number of anilines is 1. The number of nitro groups is 2. The summed E-state index contributed by atoms with van der Waals surface area (Å²) in [7, 11) is 1.27. The number of nitro benzene ring substituents is 2. The summed E-state index contributed by atoms with van der Waals surface area (Å²) in [5.41, 5.74) is -0.178. The highest BCUT2D eigenvalue weighted by Gasteiger charge is 2.30. The van der Waals surface area contributed by atoms with Crippen molar-refractivity contribution in [1.29, 1.82) is 0 Å². The summed E-state index contributed by atoms with van der Waals surface area (Å²) < 4.78 is 49.1. The number of benzene rings is 3. The minimum Gasteiger partial charge on any atom is -0.493 e. The molecule has 202 valence electrons. The molecule has 0 radical (unpaired) electrons. The predicted octanol–water partition coefficient (Wildman–Crippen LogP) is 4.41. The van der Waals surface area contributed by atoms with Gasteiger partial charge in [0.15, 0.2) is 11.5 Å². The molecule has 3 rings (SSSR count). The maximum atomic E-state index is 12.8. The molecule has 16 heteroatoms. The number of non-ortho nitro benzene ring substituents is 1. The Morgan fingerprint density at radius 3 is 2.28 bits per heavy atom. The lowest BCUT2D eigenvalue weighted by Gasteiger charge is -2.11. The van der Waals surface area contributed by atoms with E-state index in [1.807, 2.05) is 10.7 Å².